The first-order chi connectivity index (χ1) is 14.0. The first kappa shape index (κ1) is 18.5. The monoisotopic (exact) mass is 390 g/mol. The molecule has 0 spiro atoms. The largest absolute Gasteiger partial charge is 0.452 e. The average Bonchev–Trinajstić information content (AvgIpc) is 3.23. The smallest absolute Gasteiger partial charge is 0.312 e. The molecule has 4 rings (SSSR count). The van der Waals surface area contributed by atoms with Gasteiger partial charge in [0.1, 0.15) is 0 Å². The van der Waals surface area contributed by atoms with Crippen LogP contribution < -0.4 is 5.56 Å². The van der Waals surface area contributed by atoms with Gasteiger partial charge in [0.2, 0.25) is 5.89 Å². The molecule has 0 aliphatic rings. The fraction of sp³-hybridized carbons (Fsp3) is 0.190. The Kier molecular flexibility index (Phi) is 4.90. The highest BCUT2D eigenvalue weighted by Gasteiger charge is 2.20. The Bertz CT molecular complexity index is 1230. The molecule has 0 N–H and O–H groups in total. The van der Waals surface area contributed by atoms with Gasteiger partial charge in [-0.1, -0.05) is 36.4 Å². The molecule has 0 fully saturated rings. The van der Waals surface area contributed by atoms with Crippen molar-refractivity contribution in [1.29, 1.82) is 0 Å². The van der Waals surface area contributed by atoms with Crippen LogP contribution in [0.2, 0.25) is 0 Å². The number of fused-ring (bicyclic) bond motifs is 1. The van der Waals surface area contributed by atoms with E-state index < -0.39 is 12.1 Å². The Balaban J connectivity index is 1.51. The summed E-state index contributed by atoms with van der Waals surface area (Å²) in [5, 5.41) is 13.3. The Morgan fingerprint density at radius 3 is 2.52 bits per heavy atom. The molecular formula is C21H18N4O4. The second-order valence-electron chi connectivity index (χ2n) is 6.54. The van der Waals surface area contributed by atoms with E-state index in [4.69, 9.17) is 9.15 Å². The van der Waals surface area contributed by atoms with Crippen molar-refractivity contribution in [2.24, 2.45) is 7.05 Å². The Labute approximate surface area is 165 Å². The minimum atomic E-state index is -0.716. The summed E-state index contributed by atoms with van der Waals surface area (Å²) < 4.78 is 12.3. The van der Waals surface area contributed by atoms with Gasteiger partial charge in [-0.2, -0.15) is 5.10 Å². The number of hydrogen-bond acceptors (Lipinski definition) is 7. The third kappa shape index (κ3) is 3.77. The van der Waals surface area contributed by atoms with E-state index in [1.807, 2.05) is 30.3 Å². The summed E-state index contributed by atoms with van der Waals surface area (Å²) in [6.45, 7) is 1.66. The number of aryl methyl sites for hydroxylation is 1. The molecule has 0 radical (unpaired) electrons. The third-order valence-corrected chi connectivity index (χ3v) is 4.46. The van der Waals surface area contributed by atoms with Crippen molar-refractivity contribution < 1.29 is 13.9 Å². The van der Waals surface area contributed by atoms with Crippen LogP contribution in [-0.4, -0.2) is 25.9 Å². The normalized spacial score (nSPS) is 12.1. The summed E-state index contributed by atoms with van der Waals surface area (Å²) in [5.74, 6) is 0.0537. The van der Waals surface area contributed by atoms with Crippen molar-refractivity contribution in [3.8, 4) is 11.5 Å². The first-order valence-electron chi connectivity index (χ1n) is 9.06. The number of aromatic nitrogens is 4. The molecule has 0 aliphatic heterocycles. The quantitative estimate of drug-likeness (QED) is 0.483. The van der Waals surface area contributed by atoms with Crippen molar-refractivity contribution in [3.05, 3.63) is 76.5 Å². The average molecular weight is 390 g/mol. The van der Waals surface area contributed by atoms with Crippen molar-refractivity contribution in [1.82, 2.24) is 20.0 Å². The SMILES string of the molecule is C[C@H](OC(=O)Cc1nn(C)c(=O)c2ccccc12)c1nnc(-c2ccccc2)o1. The zero-order valence-corrected chi connectivity index (χ0v) is 15.9. The number of nitrogens with zero attached hydrogens (tertiary/aromatic N) is 4. The van der Waals surface area contributed by atoms with Gasteiger partial charge >= 0.3 is 5.97 Å². The lowest BCUT2D eigenvalue weighted by Crippen LogP contribution is -2.23. The van der Waals surface area contributed by atoms with E-state index in [-0.39, 0.29) is 17.9 Å². The fourth-order valence-corrected chi connectivity index (χ4v) is 3.03. The topological polar surface area (TPSA) is 100 Å². The molecule has 1 atom stereocenters. The molecule has 0 bridgehead atoms. The van der Waals surface area contributed by atoms with Crippen LogP contribution in [0.15, 0.2) is 63.8 Å². The molecule has 0 aliphatic carbocycles. The van der Waals surface area contributed by atoms with E-state index in [0.29, 0.717) is 22.4 Å². The molecule has 0 saturated heterocycles. The number of benzene rings is 2. The van der Waals surface area contributed by atoms with Gasteiger partial charge in [0.25, 0.3) is 11.4 Å². The molecule has 8 nitrogen and oxygen atoms in total. The van der Waals surface area contributed by atoms with E-state index in [9.17, 15) is 9.59 Å². The molecule has 8 heteroatoms. The summed E-state index contributed by atoms with van der Waals surface area (Å²) in [4.78, 5) is 24.7. The summed E-state index contributed by atoms with van der Waals surface area (Å²) in [6, 6.07) is 16.4. The molecular weight excluding hydrogens is 372 g/mol. The van der Waals surface area contributed by atoms with Crippen molar-refractivity contribution in [3.63, 3.8) is 0 Å². The van der Waals surface area contributed by atoms with Gasteiger partial charge in [0.15, 0.2) is 6.10 Å². The molecule has 2 aromatic heterocycles. The third-order valence-electron chi connectivity index (χ3n) is 4.46. The molecule has 0 amide bonds. The Morgan fingerprint density at radius 2 is 1.76 bits per heavy atom. The van der Waals surface area contributed by atoms with Crippen LogP contribution >= 0.6 is 0 Å². The van der Waals surface area contributed by atoms with Crippen LogP contribution in [0, 0.1) is 0 Å². The highest BCUT2D eigenvalue weighted by atomic mass is 16.6. The number of carbonyl (C=O) groups is 1. The Morgan fingerprint density at radius 1 is 1.07 bits per heavy atom. The molecule has 0 saturated carbocycles. The zero-order valence-electron chi connectivity index (χ0n) is 15.9. The Hall–Kier alpha value is -3.81. The zero-order chi connectivity index (χ0) is 20.4. The van der Waals surface area contributed by atoms with E-state index >= 15 is 0 Å². The molecule has 4 aromatic rings. The standard InChI is InChI=1S/C21H18N4O4/c1-13(19-22-23-20(29-19)14-8-4-3-5-9-14)28-18(26)12-17-15-10-6-7-11-16(15)21(27)25(2)24-17/h3-11,13H,12H2,1-2H3/t13-/m0/s1. The van der Waals surface area contributed by atoms with Crippen LogP contribution in [-0.2, 0) is 23.0 Å². The highest BCUT2D eigenvalue weighted by Crippen LogP contribution is 2.22. The summed E-state index contributed by atoms with van der Waals surface area (Å²) in [7, 11) is 1.55. The molecule has 2 heterocycles. The van der Waals surface area contributed by atoms with Crippen molar-refractivity contribution in [2.45, 2.75) is 19.4 Å². The molecule has 0 unspecified atom stereocenters. The predicted molar refractivity (Wildman–Crippen MR) is 105 cm³/mol. The van der Waals surface area contributed by atoms with Gasteiger partial charge in [-0.15, -0.1) is 10.2 Å². The lowest BCUT2D eigenvalue weighted by atomic mass is 10.1. The van der Waals surface area contributed by atoms with Gasteiger partial charge in [-0.05, 0) is 25.1 Å². The van der Waals surface area contributed by atoms with E-state index in [0.717, 1.165) is 5.56 Å². The minimum Gasteiger partial charge on any atom is -0.452 e. The highest BCUT2D eigenvalue weighted by molar-refractivity contribution is 5.86. The van der Waals surface area contributed by atoms with Crippen LogP contribution in [0.5, 0.6) is 0 Å². The van der Waals surface area contributed by atoms with Gasteiger partial charge in [0, 0.05) is 18.0 Å². The minimum absolute atomic E-state index is 0.0847. The fourth-order valence-electron chi connectivity index (χ4n) is 3.03. The molecule has 29 heavy (non-hydrogen) atoms. The van der Waals surface area contributed by atoms with E-state index in [2.05, 4.69) is 15.3 Å². The van der Waals surface area contributed by atoms with Crippen LogP contribution in [0.3, 0.4) is 0 Å². The van der Waals surface area contributed by atoms with Crippen molar-refractivity contribution in [2.75, 3.05) is 0 Å². The van der Waals surface area contributed by atoms with Gasteiger partial charge < -0.3 is 9.15 Å². The molecule has 146 valence electrons. The van der Waals surface area contributed by atoms with Crippen molar-refractivity contribution >= 4 is 16.7 Å². The number of carbonyl (C=O) groups excluding carboxylic acids is 1. The maximum atomic E-state index is 12.5. The summed E-state index contributed by atoms with van der Waals surface area (Å²) >= 11 is 0. The second kappa shape index (κ2) is 7.67. The van der Waals surface area contributed by atoms with E-state index in [1.54, 1.807) is 38.2 Å². The second-order valence-corrected chi connectivity index (χ2v) is 6.54. The predicted octanol–water partition coefficient (Wildman–Crippen LogP) is 2.83. The van der Waals surface area contributed by atoms with Gasteiger partial charge in [-0.3, -0.25) is 9.59 Å². The van der Waals surface area contributed by atoms with Gasteiger partial charge in [-0.25, -0.2) is 4.68 Å². The van der Waals surface area contributed by atoms with Crippen LogP contribution in [0.4, 0.5) is 0 Å². The lowest BCUT2D eigenvalue weighted by Gasteiger charge is -2.11. The number of ether oxygens (including phenoxy) is 1. The van der Waals surface area contributed by atoms with Gasteiger partial charge in [0.05, 0.1) is 17.5 Å². The van der Waals surface area contributed by atoms with Crippen LogP contribution in [0.25, 0.3) is 22.2 Å². The lowest BCUT2D eigenvalue weighted by molar-refractivity contribution is -0.148. The number of rotatable bonds is 5. The molecule has 2 aromatic carbocycles. The number of esters is 1. The van der Waals surface area contributed by atoms with Crippen LogP contribution in [0.1, 0.15) is 24.6 Å². The summed E-state index contributed by atoms with van der Waals surface area (Å²) in [6.07, 6.45) is -0.801. The number of hydrogen-bond donors (Lipinski definition) is 0. The first-order valence-corrected chi connectivity index (χ1v) is 9.06. The van der Waals surface area contributed by atoms with E-state index in [1.165, 1.54) is 4.68 Å². The summed E-state index contributed by atoms with van der Waals surface area (Å²) in [5.41, 5.74) is 1.03. The maximum absolute atomic E-state index is 12.5. The maximum Gasteiger partial charge on any atom is 0.312 e.